The quantitative estimate of drug-likeness (QED) is 0.690. The first kappa shape index (κ1) is 15.2. The molecule has 118 valence electrons. The van der Waals surface area contributed by atoms with Gasteiger partial charge in [-0.2, -0.15) is 4.99 Å². The standard InChI is InChI=1S/C16H15N3O3S/c1-4-7-19-13-6-5-11(21-3)9-14(13)23-16(19)17-15(20)12-8-10(2)22-18-12/h4-6,8-9H,1,7H2,2-3H3. The Bertz CT molecular complexity index is 949. The first-order valence-corrected chi connectivity index (χ1v) is 7.74. The van der Waals surface area contributed by atoms with Crippen LogP contribution >= 0.6 is 11.3 Å². The minimum atomic E-state index is -0.432. The van der Waals surface area contributed by atoms with Crippen molar-refractivity contribution in [1.29, 1.82) is 0 Å². The monoisotopic (exact) mass is 329 g/mol. The van der Waals surface area contributed by atoms with Gasteiger partial charge in [0.1, 0.15) is 11.5 Å². The highest BCUT2D eigenvalue weighted by Gasteiger charge is 2.12. The molecular formula is C16H15N3O3S. The molecule has 2 aromatic heterocycles. The van der Waals surface area contributed by atoms with E-state index in [2.05, 4.69) is 16.7 Å². The highest BCUT2D eigenvalue weighted by atomic mass is 32.1. The van der Waals surface area contributed by atoms with Crippen molar-refractivity contribution >= 4 is 27.5 Å². The second-order valence-electron chi connectivity index (χ2n) is 4.86. The van der Waals surface area contributed by atoms with Gasteiger partial charge in [-0.3, -0.25) is 4.79 Å². The van der Waals surface area contributed by atoms with E-state index in [1.165, 1.54) is 11.3 Å². The maximum atomic E-state index is 12.2. The van der Waals surface area contributed by atoms with E-state index < -0.39 is 5.91 Å². The number of carbonyl (C=O) groups excluding carboxylic acids is 1. The molecule has 2 heterocycles. The molecule has 7 heteroatoms. The lowest BCUT2D eigenvalue weighted by atomic mass is 10.3. The van der Waals surface area contributed by atoms with Gasteiger partial charge in [-0.15, -0.1) is 6.58 Å². The summed E-state index contributed by atoms with van der Waals surface area (Å²) in [6.45, 7) is 6.04. The number of methoxy groups -OCH3 is 1. The Balaban J connectivity index is 2.15. The molecule has 0 atom stereocenters. The molecule has 3 rings (SSSR count). The lowest BCUT2D eigenvalue weighted by molar-refractivity contribution is 0.0989. The molecule has 0 fully saturated rings. The van der Waals surface area contributed by atoms with E-state index >= 15 is 0 Å². The van der Waals surface area contributed by atoms with Gasteiger partial charge in [0.2, 0.25) is 0 Å². The van der Waals surface area contributed by atoms with Crippen LogP contribution in [-0.4, -0.2) is 22.7 Å². The molecule has 0 aliphatic rings. The first-order chi connectivity index (χ1) is 11.1. The fraction of sp³-hybridized carbons (Fsp3) is 0.188. The minimum Gasteiger partial charge on any atom is -0.497 e. The second-order valence-corrected chi connectivity index (χ2v) is 5.87. The molecule has 1 aromatic carbocycles. The van der Waals surface area contributed by atoms with Crippen molar-refractivity contribution in [1.82, 2.24) is 9.72 Å². The number of aromatic nitrogens is 2. The molecule has 0 bridgehead atoms. The number of thiazole rings is 1. The van der Waals surface area contributed by atoms with E-state index in [1.54, 1.807) is 26.2 Å². The molecule has 23 heavy (non-hydrogen) atoms. The summed E-state index contributed by atoms with van der Waals surface area (Å²) in [6, 6.07) is 7.31. The van der Waals surface area contributed by atoms with E-state index in [0.29, 0.717) is 17.1 Å². The summed E-state index contributed by atoms with van der Waals surface area (Å²) in [5, 5.41) is 3.71. The highest BCUT2D eigenvalue weighted by molar-refractivity contribution is 7.16. The van der Waals surface area contributed by atoms with Gasteiger partial charge in [0.15, 0.2) is 10.5 Å². The third-order valence-electron chi connectivity index (χ3n) is 3.25. The van der Waals surface area contributed by atoms with Crippen LogP contribution in [0.25, 0.3) is 10.2 Å². The van der Waals surface area contributed by atoms with Crippen LogP contribution in [0.2, 0.25) is 0 Å². The number of benzene rings is 1. The maximum absolute atomic E-state index is 12.2. The second kappa shape index (κ2) is 6.21. The summed E-state index contributed by atoms with van der Waals surface area (Å²) >= 11 is 1.41. The van der Waals surface area contributed by atoms with Crippen molar-refractivity contribution in [3.05, 3.63) is 53.2 Å². The molecule has 0 aliphatic heterocycles. The molecule has 3 aromatic rings. The molecule has 0 saturated heterocycles. The van der Waals surface area contributed by atoms with Crippen molar-refractivity contribution in [2.45, 2.75) is 13.5 Å². The number of ether oxygens (including phenoxy) is 1. The van der Waals surface area contributed by atoms with Crippen LogP contribution in [0.15, 0.2) is 46.4 Å². The van der Waals surface area contributed by atoms with Crippen LogP contribution in [0, 0.1) is 6.92 Å². The van der Waals surface area contributed by atoms with Gasteiger partial charge in [-0.1, -0.05) is 22.6 Å². The fourth-order valence-corrected chi connectivity index (χ4v) is 3.25. The zero-order valence-electron chi connectivity index (χ0n) is 12.8. The van der Waals surface area contributed by atoms with Gasteiger partial charge in [-0.05, 0) is 25.1 Å². The highest BCUT2D eigenvalue weighted by Crippen LogP contribution is 2.23. The zero-order valence-corrected chi connectivity index (χ0v) is 13.6. The Morgan fingerprint density at radius 1 is 1.52 bits per heavy atom. The van der Waals surface area contributed by atoms with Gasteiger partial charge >= 0.3 is 5.91 Å². The number of amides is 1. The number of carbonyl (C=O) groups is 1. The fourth-order valence-electron chi connectivity index (χ4n) is 2.18. The normalized spacial score (nSPS) is 11.8. The van der Waals surface area contributed by atoms with Crippen molar-refractivity contribution in [2.75, 3.05) is 7.11 Å². The van der Waals surface area contributed by atoms with Crippen LogP contribution in [0.1, 0.15) is 16.2 Å². The van der Waals surface area contributed by atoms with Crippen molar-refractivity contribution in [2.24, 2.45) is 4.99 Å². The number of fused-ring (bicyclic) bond motifs is 1. The molecule has 0 unspecified atom stereocenters. The van der Waals surface area contributed by atoms with Crippen LogP contribution in [0.4, 0.5) is 0 Å². The summed E-state index contributed by atoms with van der Waals surface area (Å²) in [5.41, 5.74) is 1.17. The minimum absolute atomic E-state index is 0.197. The average Bonchev–Trinajstić information content (AvgIpc) is 3.11. The Morgan fingerprint density at radius 2 is 2.35 bits per heavy atom. The Labute approximate surface area is 136 Å². The van der Waals surface area contributed by atoms with E-state index in [-0.39, 0.29) is 5.69 Å². The molecule has 0 spiro atoms. The number of hydrogen-bond acceptors (Lipinski definition) is 5. The summed E-state index contributed by atoms with van der Waals surface area (Å²) < 4.78 is 13.1. The molecule has 0 radical (unpaired) electrons. The largest absolute Gasteiger partial charge is 0.497 e. The van der Waals surface area contributed by atoms with Crippen LogP contribution in [0.5, 0.6) is 5.75 Å². The van der Waals surface area contributed by atoms with Crippen molar-refractivity contribution in [3.8, 4) is 5.75 Å². The van der Waals surface area contributed by atoms with Gasteiger partial charge < -0.3 is 13.8 Å². The van der Waals surface area contributed by atoms with E-state index in [0.717, 1.165) is 16.0 Å². The third-order valence-corrected chi connectivity index (χ3v) is 4.29. The van der Waals surface area contributed by atoms with Crippen LogP contribution < -0.4 is 9.54 Å². The summed E-state index contributed by atoms with van der Waals surface area (Å²) in [7, 11) is 1.62. The van der Waals surface area contributed by atoms with Crippen LogP contribution in [0.3, 0.4) is 0 Å². The van der Waals surface area contributed by atoms with Crippen molar-refractivity contribution in [3.63, 3.8) is 0 Å². The van der Waals surface area contributed by atoms with Gasteiger partial charge in [-0.25, -0.2) is 0 Å². The van der Waals surface area contributed by atoms with Gasteiger partial charge in [0.05, 0.1) is 17.3 Å². The molecular weight excluding hydrogens is 314 g/mol. The smallest absolute Gasteiger partial charge is 0.301 e. The molecule has 0 N–H and O–H groups in total. The number of aryl methyl sites for hydroxylation is 1. The number of hydrogen-bond donors (Lipinski definition) is 0. The van der Waals surface area contributed by atoms with Crippen molar-refractivity contribution < 1.29 is 14.1 Å². The Morgan fingerprint density at radius 3 is 3.00 bits per heavy atom. The predicted octanol–water partition coefficient (Wildman–Crippen LogP) is 2.93. The maximum Gasteiger partial charge on any atom is 0.301 e. The first-order valence-electron chi connectivity index (χ1n) is 6.93. The molecule has 1 amide bonds. The average molecular weight is 329 g/mol. The van der Waals surface area contributed by atoms with Gasteiger partial charge in [0.25, 0.3) is 0 Å². The Hall–Kier alpha value is -2.67. The molecule has 0 saturated carbocycles. The lowest BCUT2D eigenvalue weighted by Crippen LogP contribution is -2.16. The Kier molecular flexibility index (Phi) is 4.12. The molecule has 6 nitrogen and oxygen atoms in total. The van der Waals surface area contributed by atoms with Gasteiger partial charge in [0, 0.05) is 12.6 Å². The number of rotatable bonds is 4. The summed E-state index contributed by atoms with van der Waals surface area (Å²) in [5.74, 6) is 0.899. The van der Waals surface area contributed by atoms with E-state index in [4.69, 9.17) is 9.26 Å². The molecule has 0 aliphatic carbocycles. The SMILES string of the molecule is C=CCn1c(=NC(=O)c2cc(C)on2)sc2cc(OC)ccc21. The number of allylic oxidation sites excluding steroid dienone is 1. The summed E-state index contributed by atoms with van der Waals surface area (Å²) in [4.78, 5) is 17.0. The lowest BCUT2D eigenvalue weighted by Gasteiger charge is -2.02. The van der Waals surface area contributed by atoms with E-state index in [9.17, 15) is 4.79 Å². The van der Waals surface area contributed by atoms with Crippen LogP contribution in [-0.2, 0) is 6.54 Å². The predicted molar refractivity (Wildman–Crippen MR) is 87.7 cm³/mol. The third kappa shape index (κ3) is 2.95. The summed E-state index contributed by atoms with van der Waals surface area (Å²) in [6.07, 6.45) is 1.76. The topological polar surface area (TPSA) is 69.6 Å². The van der Waals surface area contributed by atoms with E-state index in [1.807, 2.05) is 22.8 Å². The zero-order chi connectivity index (χ0) is 16.4. The number of nitrogens with zero attached hydrogens (tertiary/aromatic N) is 3.